The van der Waals surface area contributed by atoms with Gasteiger partial charge in [0.1, 0.15) is 17.9 Å². The molecular formula is C31H21BrClN3O3. The van der Waals surface area contributed by atoms with Crippen molar-refractivity contribution in [2.75, 3.05) is 0 Å². The number of furan rings is 1. The summed E-state index contributed by atoms with van der Waals surface area (Å²) in [6.45, 7) is 2.45. The smallest absolute Gasteiger partial charge is 0.282 e. The topological polar surface area (TPSA) is 69.6 Å². The van der Waals surface area contributed by atoms with Crippen LogP contribution in [0.3, 0.4) is 0 Å². The number of para-hydroxylation sites is 1. The third kappa shape index (κ3) is 5.24. The van der Waals surface area contributed by atoms with E-state index in [1.54, 1.807) is 36.5 Å². The number of ether oxygens (including phenoxy) is 1. The van der Waals surface area contributed by atoms with Crippen molar-refractivity contribution in [3.63, 3.8) is 0 Å². The molecule has 0 aliphatic carbocycles. The lowest BCUT2D eigenvalue weighted by molar-refractivity contribution is 0.306. The van der Waals surface area contributed by atoms with Crippen LogP contribution in [-0.4, -0.2) is 15.9 Å². The maximum absolute atomic E-state index is 13.5. The summed E-state index contributed by atoms with van der Waals surface area (Å²) < 4.78 is 14.2. The van der Waals surface area contributed by atoms with Crippen LogP contribution in [0.25, 0.3) is 33.5 Å². The molecule has 6 nitrogen and oxygen atoms in total. The van der Waals surface area contributed by atoms with Crippen LogP contribution in [0.4, 0.5) is 0 Å². The number of hydrogen-bond donors (Lipinski definition) is 0. The fourth-order valence-corrected chi connectivity index (χ4v) is 4.94. The molecular weight excluding hydrogens is 578 g/mol. The molecule has 2 heterocycles. The zero-order valence-electron chi connectivity index (χ0n) is 20.8. The molecule has 4 aromatic carbocycles. The summed E-state index contributed by atoms with van der Waals surface area (Å²) in [6, 6.07) is 28.2. The lowest BCUT2D eigenvalue weighted by atomic mass is 10.1. The lowest BCUT2D eigenvalue weighted by Crippen LogP contribution is -2.20. The number of halogens is 2. The van der Waals surface area contributed by atoms with Crippen LogP contribution >= 0.6 is 27.5 Å². The van der Waals surface area contributed by atoms with Crippen molar-refractivity contribution < 1.29 is 9.15 Å². The van der Waals surface area contributed by atoms with Gasteiger partial charge in [0, 0.05) is 9.86 Å². The maximum atomic E-state index is 13.5. The standard InChI is InChI=1S/C31H21BrClN3O3/c1-19-5-4-6-21(13-19)18-38-28-11-9-20(14-25(28)33)17-34-36-30(35-26-8-3-2-7-24(26)31(36)37)29-16-22-15-23(32)10-12-27(22)39-29/h2-17H,18H2,1H3. The van der Waals surface area contributed by atoms with Crippen LogP contribution < -0.4 is 10.3 Å². The van der Waals surface area contributed by atoms with E-state index in [2.05, 4.69) is 27.1 Å². The summed E-state index contributed by atoms with van der Waals surface area (Å²) in [5.74, 6) is 1.29. The van der Waals surface area contributed by atoms with Gasteiger partial charge >= 0.3 is 0 Å². The molecule has 2 aromatic heterocycles. The minimum absolute atomic E-state index is 0.298. The van der Waals surface area contributed by atoms with E-state index in [1.165, 1.54) is 10.2 Å². The Morgan fingerprint density at radius 1 is 1.03 bits per heavy atom. The first-order valence-electron chi connectivity index (χ1n) is 12.2. The van der Waals surface area contributed by atoms with Crippen molar-refractivity contribution in [1.82, 2.24) is 9.66 Å². The van der Waals surface area contributed by atoms with Gasteiger partial charge in [-0.2, -0.15) is 9.78 Å². The first-order chi connectivity index (χ1) is 18.9. The van der Waals surface area contributed by atoms with Gasteiger partial charge in [-0.15, -0.1) is 0 Å². The summed E-state index contributed by atoms with van der Waals surface area (Å²) in [4.78, 5) is 18.2. The summed E-state index contributed by atoms with van der Waals surface area (Å²) in [7, 11) is 0. The van der Waals surface area contributed by atoms with E-state index < -0.39 is 0 Å². The minimum atomic E-state index is -0.308. The van der Waals surface area contributed by atoms with Crippen LogP contribution in [0.1, 0.15) is 16.7 Å². The molecule has 0 atom stereocenters. The third-order valence-electron chi connectivity index (χ3n) is 6.21. The highest BCUT2D eigenvalue weighted by Crippen LogP contribution is 2.30. The number of nitrogens with zero attached hydrogens (tertiary/aromatic N) is 3. The van der Waals surface area contributed by atoms with E-state index in [4.69, 9.17) is 25.7 Å². The fraction of sp³-hybridized carbons (Fsp3) is 0.0645. The van der Waals surface area contributed by atoms with Crippen molar-refractivity contribution >= 4 is 55.6 Å². The highest BCUT2D eigenvalue weighted by atomic mass is 79.9. The minimum Gasteiger partial charge on any atom is -0.487 e. The molecule has 0 fully saturated rings. The number of rotatable bonds is 6. The maximum Gasteiger partial charge on any atom is 0.282 e. The highest BCUT2D eigenvalue weighted by Gasteiger charge is 2.16. The van der Waals surface area contributed by atoms with E-state index in [0.717, 1.165) is 15.4 Å². The van der Waals surface area contributed by atoms with Crippen molar-refractivity contribution in [2.24, 2.45) is 5.10 Å². The van der Waals surface area contributed by atoms with Crippen molar-refractivity contribution in [3.8, 4) is 17.3 Å². The Bertz CT molecular complexity index is 1940. The second-order valence-corrected chi connectivity index (χ2v) is 10.4. The number of fused-ring (bicyclic) bond motifs is 2. The Labute approximate surface area is 237 Å². The van der Waals surface area contributed by atoms with E-state index in [1.807, 2.05) is 61.5 Å². The SMILES string of the molecule is Cc1cccc(COc2ccc(C=Nn3c(-c4cc5cc(Br)ccc5o4)nc4ccccc4c3=O)cc2Cl)c1. The highest BCUT2D eigenvalue weighted by molar-refractivity contribution is 9.10. The molecule has 6 rings (SSSR count). The first kappa shape index (κ1) is 25.1. The van der Waals surface area contributed by atoms with Crippen molar-refractivity contribution in [1.29, 1.82) is 0 Å². The summed E-state index contributed by atoms with van der Waals surface area (Å²) >= 11 is 10.0. The van der Waals surface area contributed by atoms with E-state index in [-0.39, 0.29) is 5.56 Å². The molecule has 0 radical (unpaired) electrons. The van der Waals surface area contributed by atoms with E-state index >= 15 is 0 Å². The van der Waals surface area contributed by atoms with Crippen LogP contribution in [-0.2, 0) is 6.61 Å². The van der Waals surface area contributed by atoms with Gasteiger partial charge in [-0.1, -0.05) is 69.5 Å². The van der Waals surface area contributed by atoms with Gasteiger partial charge in [0.05, 0.1) is 22.1 Å². The summed E-state index contributed by atoms with van der Waals surface area (Å²) in [5.41, 5.74) is 3.86. The quantitative estimate of drug-likeness (QED) is 0.182. The molecule has 0 unspecified atom stereocenters. The van der Waals surface area contributed by atoms with Crippen LogP contribution in [0, 0.1) is 6.92 Å². The summed E-state index contributed by atoms with van der Waals surface area (Å²) in [6.07, 6.45) is 1.57. The first-order valence-corrected chi connectivity index (χ1v) is 13.4. The van der Waals surface area contributed by atoms with Crippen LogP contribution in [0.2, 0.25) is 5.02 Å². The van der Waals surface area contributed by atoms with E-state index in [0.29, 0.717) is 51.0 Å². The largest absolute Gasteiger partial charge is 0.487 e. The molecule has 0 saturated carbocycles. The van der Waals surface area contributed by atoms with Crippen LogP contribution in [0.15, 0.2) is 110 Å². The Balaban J connectivity index is 1.35. The molecule has 0 spiro atoms. The fourth-order valence-electron chi connectivity index (χ4n) is 4.32. The van der Waals surface area contributed by atoms with E-state index in [9.17, 15) is 4.79 Å². The molecule has 39 heavy (non-hydrogen) atoms. The predicted molar refractivity (Wildman–Crippen MR) is 159 cm³/mol. The summed E-state index contributed by atoms with van der Waals surface area (Å²) in [5, 5.41) is 6.29. The Kier molecular flexibility index (Phi) is 6.77. The van der Waals surface area contributed by atoms with Gasteiger partial charge in [-0.05, 0) is 72.6 Å². The van der Waals surface area contributed by atoms with Crippen molar-refractivity contribution in [2.45, 2.75) is 13.5 Å². The Morgan fingerprint density at radius 2 is 1.90 bits per heavy atom. The zero-order chi connectivity index (χ0) is 26.9. The second-order valence-electron chi connectivity index (χ2n) is 9.07. The normalized spacial score (nSPS) is 11.6. The molecule has 0 aliphatic rings. The van der Waals surface area contributed by atoms with Crippen molar-refractivity contribution in [3.05, 3.63) is 128 Å². The molecule has 192 valence electrons. The van der Waals surface area contributed by atoms with Gasteiger partial charge in [0.25, 0.3) is 5.56 Å². The average Bonchev–Trinajstić information content (AvgIpc) is 3.35. The Hall–Kier alpha value is -4.20. The predicted octanol–water partition coefficient (Wildman–Crippen LogP) is 8.00. The molecule has 6 aromatic rings. The van der Waals surface area contributed by atoms with Crippen LogP contribution in [0.5, 0.6) is 5.75 Å². The molecule has 0 saturated heterocycles. The number of benzene rings is 4. The van der Waals surface area contributed by atoms with Gasteiger partial charge in [-0.25, -0.2) is 4.98 Å². The monoisotopic (exact) mass is 597 g/mol. The van der Waals surface area contributed by atoms with Gasteiger partial charge in [-0.3, -0.25) is 4.79 Å². The molecule has 0 amide bonds. The molecule has 0 N–H and O–H groups in total. The lowest BCUT2D eigenvalue weighted by Gasteiger charge is -2.09. The Morgan fingerprint density at radius 3 is 2.74 bits per heavy atom. The molecule has 8 heteroatoms. The number of aryl methyl sites for hydroxylation is 1. The number of aromatic nitrogens is 2. The van der Waals surface area contributed by atoms with Gasteiger partial charge < -0.3 is 9.15 Å². The molecule has 0 aliphatic heterocycles. The number of hydrogen-bond acceptors (Lipinski definition) is 5. The average molecular weight is 599 g/mol. The van der Waals surface area contributed by atoms with Gasteiger partial charge in [0.2, 0.25) is 5.82 Å². The second kappa shape index (κ2) is 10.5. The zero-order valence-corrected chi connectivity index (χ0v) is 23.1. The third-order valence-corrected chi connectivity index (χ3v) is 7.00. The molecule has 0 bridgehead atoms. The van der Waals surface area contributed by atoms with Gasteiger partial charge in [0.15, 0.2) is 5.76 Å².